The monoisotopic (exact) mass is 242 g/mol. The fourth-order valence-electron chi connectivity index (χ4n) is 1.58. The molecule has 0 bridgehead atoms. The fourth-order valence-corrected chi connectivity index (χ4v) is 1.58. The molecule has 5 nitrogen and oxygen atoms in total. The summed E-state index contributed by atoms with van der Waals surface area (Å²) in [5.41, 5.74) is 1.41. The van der Waals surface area contributed by atoms with E-state index < -0.39 is 0 Å². The van der Waals surface area contributed by atoms with Crippen molar-refractivity contribution in [3.8, 4) is 0 Å². The molecule has 0 radical (unpaired) electrons. The van der Waals surface area contributed by atoms with Gasteiger partial charge in [0.2, 0.25) is 0 Å². The molecule has 0 aliphatic heterocycles. The quantitative estimate of drug-likeness (QED) is 0.864. The maximum atomic E-state index is 12.1. The van der Waals surface area contributed by atoms with Crippen LogP contribution >= 0.6 is 0 Å². The predicted octanol–water partition coefficient (Wildman–Crippen LogP) is 2.08. The number of nitrogens with one attached hydrogen (secondary N) is 2. The Labute approximate surface area is 105 Å². The van der Waals surface area contributed by atoms with Crippen molar-refractivity contribution in [1.29, 1.82) is 0 Å². The zero-order chi connectivity index (χ0) is 13.0. The molecule has 1 amide bonds. The van der Waals surface area contributed by atoms with Crippen LogP contribution in [0.4, 0.5) is 11.6 Å². The van der Waals surface area contributed by atoms with Crippen LogP contribution in [0.5, 0.6) is 0 Å². The van der Waals surface area contributed by atoms with Crippen molar-refractivity contribution < 1.29 is 4.79 Å². The highest BCUT2D eigenvalue weighted by Gasteiger charge is 2.12. The molecule has 2 heterocycles. The summed E-state index contributed by atoms with van der Waals surface area (Å²) in [7, 11) is 1.73. The molecule has 92 valence electrons. The molecule has 0 unspecified atom stereocenters. The summed E-state index contributed by atoms with van der Waals surface area (Å²) >= 11 is 0. The van der Waals surface area contributed by atoms with Gasteiger partial charge in [-0.3, -0.25) is 4.79 Å². The standard InChI is InChI=1S/C13H14N4O/c1-9-5-3-7-15-11(9)17-13(18)10-6-4-8-16-12(10)14-2/h3-8H,1-2H3,(H,14,16)(H,15,17,18). The van der Waals surface area contributed by atoms with E-state index in [4.69, 9.17) is 0 Å². The molecule has 2 aromatic rings. The first-order valence-electron chi connectivity index (χ1n) is 5.58. The van der Waals surface area contributed by atoms with Gasteiger partial charge in [-0.05, 0) is 30.7 Å². The van der Waals surface area contributed by atoms with Crippen LogP contribution in [0.15, 0.2) is 36.7 Å². The third-order valence-electron chi connectivity index (χ3n) is 2.53. The maximum absolute atomic E-state index is 12.1. The van der Waals surface area contributed by atoms with Gasteiger partial charge in [0.15, 0.2) is 0 Å². The van der Waals surface area contributed by atoms with Crippen molar-refractivity contribution in [1.82, 2.24) is 9.97 Å². The number of anilines is 2. The molecule has 0 fully saturated rings. The molecule has 0 saturated heterocycles. The van der Waals surface area contributed by atoms with Crippen LogP contribution in [0.2, 0.25) is 0 Å². The minimum absolute atomic E-state index is 0.228. The number of amides is 1. The second-order valence-corrected chi connectivity index (χ2v) is 3.77. The Morgan fingerprint density at radius 2 is 1.78 bits per heavy atom. The van der Waals surface area contributed by atoms with E-state index in [1.807, 2.05) is 19.1 Å². The first-order chi connectivity index (χ1) is 8.72. The van der Waals surface area contributed by atoms with Gasteiger partial charge in [-0.15, -0.1) is 0 Å². The Bertz CT molecular complexity index is 568. The topological polar surface area (TPSA) is 66.9 Å². The molecule has 5 heteroatoms. The van der Waals surface area contributed by atoms with Gasteiger partial charge < -0.3 is 10.6 Å². The van der Waals surface area contributed by atoms with Gasteiger partial charge in [0.1, 0.15) is 11.6 Å². The van der Waals surface area contributed by atoms with E-state index in [-0.39, 0.29) is 5.91 Å². The van der Waals surface area contributed by atoms with E-state index >= 15 is 0 Å². The van der Waals surface area contributed by atoms with E-state index in [1.54, 1.807) is 31.6 Å². The summed E-state index contributed by atoms with van der Waals surface area (Å²) in [6, 6.07) is 7.16. The summed E-state index contributed by atoms with van der Waals surface area (Å²) in [5, 5.41) is 5.66. The van der Waals surface area contributed by atoms with Crippen LogP contribution in [0.25, 0.3) is 0 Å². The molecule has 0 atom stereocenters. The number of hydrogen-bond donors (Lipinski definition) is 2. The van der Waals surface area contributed by atoms with E-state index in [2.05, 4.69) is 20.6 Å². The van der Waals surface area contributed by atoms with Gasteiger partial charge in [0.25, 0.3) is 5.91 Å². The number of nitrogens with zero attached hydrogens (tertiary/aromatic N) is 2. The van der Waals surface area contributed by atoms with E-state index in [0.29, 0.717) is 17.2 Å². The number of pyridine rings is 2. The molecule has 0 spiro atoms. The van der Waals surface area contributed by atoms with Crippen molar-refractivity contribution in [2.24, 2.45) is 0 Å². The highest BCUT2D eigenvalue weighted by molar-refractivity contribution is 6.07. The van der Waals surface area contributed by atoms with Crippen molar-refractivity contribution >= 4 is 17.5 Å². The lowest BCUT2D eigenvalue weighted by atomic mass is 10.2. The van der Waals surface area contributed by atoms with Crippen LogP contribution in [-0.4, -0.2) is 22.9 Å². The Kier molecular flexibility index (Phi) is 3.52. The lowest BCUT2D eigenvalue weighted by Gasteiger charge is -2.09. The Morgan fingerprint density at radius 1 is 1.11 bits per heavy atom. The molecule has 0 aliphatic rings. The number of aromatic nitrogens is 2. The van der Waals surface area contributed by atoms with Crippen LogP contribution < -0.4 is 10.6 Å². The average molecular weight is 242 g/mol. The smallest absolute Gasteiger partial charge is 0.260 e. The Hall–Kier alpha value is -2.43. The average Bonchev–Trinajstić information content (AvgIpc) is 2.41. The summed E-state index contributed by atoms with van der Waals surface area (Å²) in [4.78, 5) is 20.3. The predicted molar refractivity (Wildman–Crippen MR) is 70.7 cm³/mol. The maximum Gasteiger partial charge on any atom is 0.260 e. The number of rotatable bonds is 3. The van der Waals surface area contributed by atoms with Gasteiger partial charge >= 0.3 is 0 Å². The minimum Gasteiger partial charge on any atom is -0.372 e. The van der Waals surface area contributed by atoms with E-state index in [1.165, 1.54) is 0 Å². The molecule has 18 heavy (non-hydrogen) atoms. The third kappa shape index (κ3) is 2.45. The normalized spacial score (nSPS) is 9.89. The first-order valence-corrected chi connectivity index (χ1v) is 5.58. The van der Waals surface area contributed by atoms with Gasteiger partial charge in [-0.1, -0.05) is 6.07 Å². The van der Waals surface area contributed by atoms with Crippen LogP contribution in [0.1, 0.15) is 15.9 Å². The molecule has 2 N–H and O–H groups in total. The summed E-state index contributed by atoms with van der Waals surface area (Å²) in [6.45, 7) is 1.89. The van der Waals surface area contributed by atoms with Gasteiger partial charge in [-0.2, -0.15) is 0 Å². The van der Waals surface area contributed by atoms with Crippen molar-refractivity contribution in [2.75, 3.05) is 17.7 Å². The van der Waals surface area contributed by atoms with Crippen LogP contribution in [0, 0.1) is 6.92 Å². The number of aryl methyl sites for hydroxylation is 1. The van der Waals surface area contributed by atoms with Crippen molar-refractivity contribution in [3.63, 3.8) is 0 Å². The lowest BCUT2D eigenvalue weighted by Crippen LogP contribution is -2.16. The first kappa shape index (κ1) is 12.0. The lowest BCUT2D eigenvalue weighted by molar-refractivity contribution is 0.102. The summed E-state index contributed by atoms with van der Waals surface area (Å²) in [6.07, 6.45) is 3.28. The van der Waals surface area contributed by atoms with Gasteiger partial charge in [0.05, 0.1) is 5.56 Å². The second-order valence-electron chi connectivity index (χ2n) is 3.77. The molecule has 2 aromatic heterocycles. The van der Waals surface area contributed by atoms with E-state index in [9.17, 15) is 4.79 Å². The molecular weight excluding hydrogens is 228 g/mol. The van der Waals surface area contributed by atoms with Crippen LogP contribution in [-0.2, 0) is 0 Å². The largest absolute Gasteiger partial charge is 0.372 e. The third-order valence-corrected chi connectivity index (χ3v) is 2.53. The van der Waals surface area contributed by atoms with Crippen LogP contribution in [0.3, 0.4) is 0 Å². The second kappa shape index (κ2) is 5.27. The summed E-state index contributed by atoms with van der Waals surface area (Å²) in [5.74, 6) is 0.881. The highest BCUT2D eigenvalue weighted by atomic mass is 16.1. The fraction of sp³-hybridized carbons (Fsp3) is 0.154. The number of hydrogen-bond acceptors (Lipinski definition) is 4. The molecule has 0 aliphatic carbocycles. The van der Waals surface area contributed by atoms with Gasteiger partial charge in [-0.25, -0.2) is 9.97 Å². The molecule has 0 aromatic carbocycles. The van der Waals surface area contributed by atoms with Crippen molar-refractivity contribution in [2.45, 2.75) is 6.92 Å². The number of carbonyl (C=O) groups excluding carboxylic acids is 1. The minimum atomic E-state index is -0.228. The SMILES string of the molecule is CNc1ncccc1C(=O)Nc1ncccc1C. The number of carbonyl (C=O) groups is 1. The molecular formula is C13H14N4O. The Balaban J connectivity index is 2.25. The van der Waals surface area contributed by atoms with E-state index in [0.717, 1.165) is 5.56 Å². The van der Waals surface area contributed by atoms with Gasteiger partial charge in [0, 0.05) is 19.4 Å². The zero-order valence-corrected chi connectivity index (χ0v) is 10.3. The molecule has 2 rings (SSSR count). The zero-order valence-electron chi connectivity index (χ0n) is 10.3. The summed E-state index contributed by atoms with van der Waals surface area (Å²) < 4.78 is 0. The van der Waals surface area contributed by atoms with Crippen molar-refractivity contribution in [3.05, 3.63) is 47.8 Å². The molecule has 0 saturated carbocycles. The Morgan fingerprint density at radius 3 is 2.44 bits per heavy atom. The highest BCUT2D eigenvalue weighted by Crippen LogP contribution is 2.15.